The molecule has 11 heteroatoms. The van der Waals surface area contributed by atoms with Crippen LogP contribution in [0.4, 0.5) is 5.82 Å². The van der Waals surface area contributed by atoms with Gasteiger partial charge in [-0.25, -0.2) is 4.98 Å². The van der Waals surface area contributed by atoms with Gasteiger partial charge >= 0.3 is 5.97 Å². The Labute approximate surface area is 210 Å². The lowest BCUT2D eigenvalue weighted by molar-refractivity contribution is -0.137. The van der Waals surface area contributed by atoms with Crippen LogP contribution >= 0.6 is 24.0 Å². The molecule has 1 saturated heterocycles. The van der Waals surface area contributed by atoms with E-state index in [0.29, 0.717) is 15.5 Å². The summed E-state index contributed by atoms with van der Waals surface area (Å²) in [6.45, 7) is 0.272. The van der Waals surface area contributed by atoms with Crippen LogP contribution in [0, 0.1) is 0 Å². The maximum absolute atomic E-state index is 13.3. The average Bonchev–Trinajstić information content (AvgIpc) is 3.12. The molecular weight excluding hydrogens is 488 g/mol. The molecule has 1 atom stereocenters. The van der Waals surface area contributed by atoms with Crippen LogP contribution in [0.3, 0.4) is 0 Å². The number of thioether (sulfide) groups is 1. The van der Waals surface area contributed by atoms with Crippen molar-refractivity contribution in [2.45, 2.75) is 18.9 Å². The molecule has 1 amide bonds. The first-order chi connectivity index (χ1) is 16.8. The Kier molecular flexibility index (Phi) is 7.59. The molecule has 2 aromatic heterocycles. The largest absolute Gasteiger partial charge is 0.481 e. The Bertz CT molecular complexity index is 1370. The molecule has 9 nitrogen and oxygen atoms in total. The molecule has 0 spiro atoms. The van der Waals surface area contributed by atoms with E-state index in [1.807, 2.05) is 18.2 Å². The Morgan fingerprint density at radius 3 is 2.66 bits per heavy atom. The number of hydrogen-bond acceptors (Lipinski definition) is 8. The molecule has 0 radical (unpaired) electrons. The minimum absolute atomic E-state index is 0.0795. The van der Waals surface area contributed by atoms with Gasteiger partial charge in [-0.05, 0) is 30.2 Å². The summed E-state index contributed by atoms with van der Waals surface area (Å²) in [4.78, 5) is 43.2. The van der Waals surface area contributed by atoms with Crippen LogP contribution in [-0.2, 0) is 9.59 Å². The number of aromatic nitrogens is 2. The zero-order chi connectivity index (χ0) is 24.9. The third-order valence-electron chi connectivity index (χ3n) is 5.34. The molecule has 0 bridgehead atoms. The zero-order valence-electron chi connectivity index (χ0n) is 18.5. The normalized spacial score (nSPS) is 15.7. The van der Waals surface area contributed by atoms with Gasteiger partial charge in [0.25, 0.3) is 11.5 Å². The van der Waals surface area contributed by atoms with Crippen LogP contribution in [0.15, 0.2) is 64.4 Å². The van der Waals surface area contributed by atoms with Crippen molar-refractivity contribution in [1.29, 1.82) is 0 Å². The Morgan fingerprint density at radius 1 is 1.17 bits per heavy atom. The molecule has 3 N–H and O–H groups in total. The highest BCUT2D eigenvalue weighted by Gasteiger charge is 2.32. The number of carboxylic acids is 1. The number of benzene rings is 1. The maximum Gasteiger partial charge on any atom is 0.303 e. The summed E-state index contributed by atoms with van der Waals surface area (Å²) in [5.74, 6) is -1.11. The number of pyridine rings is 1. The molecule has 35 heavy (non-hydrogen) atoms. The zero-order valence-corrected chi connectivity index (χ0v) is 20.1. The number of carboxylic acid groups (broad SMARTS) is 1. The highest BCUT2D eigenvalue weighted by Crippen LogP contribution is 2.33. The van der Waals surface area contributed by atoms with Gasteiger partial charge in [0.15, 0.2) is 0 Å². The number of nitrogens with zero attached hydrogens (tertiary/aromatic N) is 3. The topological polar surface area (TPSA) is 124 Å². The molecule has 180 valence electrons. The summed E-state index contributed by atoms with van der Waals surface area (Å²) in [5.41, 5.74) is 0.886. The highest BCUT2D eigenvalue weighted by atomic mass is 32.2. The molecule has 4 rings (SSSR count). The number of aliphatic carboxylic acids is 1. The predicted molar refractivity (Wildman–Crippen MR) is 138 cm³/mol. The lowest BCUT2D eigenvalue weighted by atomic mass is 10.1. The van der Waals surface area contributed by atoms with Gasteiger partial charge in [-0.3, -0.25) is 23.7 Å². The lowest BCUT2D eigenvalue weighted by Crippen LogP contribution is -2.29. The van der Waals surface area contributed by atoms with Crippen LogP contribution in [0.1, 0.15) is 30.1 Å². The number of nitrogens with one attached hydrogen (secondary N) is 1. The number of aliphatic hydroxyl groups is 1. The number of amides is 1. The second-order valence-electron chi connectivity index (χ2n) is 7.75. The molecule has 1 aliphatic rings. The van der Waals surface area contributed by atoms with Crippen molar-refractivity contribution in [2.24, 2.45) is 0 Å². The van der Waals surface area contributed by atoms with Gasteiger partial charge in [0.05, 0.1) is 16.6 Å². The first kappa shape index (κ1) is 24.6. The van der Waals surface area contributed by atoms with E-state index in [-0.39, 0.29) is 47.8 Å². The van der Waals surface area contributed by atoms with E-state index in [0.717, 1.165) is 11.8 Å². The van der Waals surface area contributed by atoms with Crippen molar-refractivity contribution < 1.29 is 19.8 Å². The number of fused-ring (bicyclic) bond motifs is 1. The van der Waals surface area contributed by atoms with E-state index in [9.17, 15) is 19.5 Å². The number of aliphatic hydroxyl groups excluding tert-OH is 1. The van der Waals surface area contributed by atoms with Crippen molar-refractivity contribution in [3.8, 4) is 0 Å². The second kappa shape index (κ2) is 10.8. The number of thiocarbonyl (C=S) groups is 1. The van der Waals surface area contributed by atoms with E-state index >= 15 is 0 Å². The number of rotatable bonds is 9. The summed E-state index contributed by atoms with van der Waals surface area (Å²) in [6, 6.07) is 14.2. The molecule has 0 aliphatic carbocycles. The van der Waals surface area contributed by atoms with Gasteiger partial charge < -0.3 is 15.5 Å². The minimum Gasteiger partial charge on any atom is -0.481 e. The molecule has 1 fully saturated rings. The van der Waals surface area contributed by atoms with Crippen LogP contribution < -0.4 is 10.9 Å². The Hall–Kier alpha value is -3.54. The third-order valence-corrected chi connectivity index (χ3v) is 6.72. The van der Waals surface area contributed by atoms with Crippen molar-refractivity contribution in [1.82, 2.24) is 14.3 Å². The number of carbonyl (C=O) groups excluding carboxylic acids is 1. The number of anilines is 1. The maximum atomic E-state index is 13.3. The van der Waals surface area contributed by atoms with Gasteiger partial charge in [-0.2, -0.15) is 0 Å². The average molecular weight is 511 g/mol. The fourth-order valence-corrected chi connectivity index (χ4v) is 4.86. The van der Waals surface area contributed by atoms with Gasteiger partial charge in [-0.1, -0.05) is 60.4 Å². The van der Waals surface area contributed by atoms with Gasteiger partial charge in [0.2, 0.25) is 0 Å². The van der Waals surface area contributed by atoms with Gasteiger partial charge in [-0.15, -0.1) is 0 Å². The quantitative estimate of drug-likeness (QED) is 0.294. The van der Waals surface area contributed by atoms with E-state index in [2.05, 4.69) is 10.3 Å². The second-order valence-corrected chi connectivity index (χ2v) is 9.42. The Morgan fingerprint density at radius 2 is 1.91 bits per heavy atom. The first-order valence-electron chi connectivity index (χ1n) is 10.8. The van der Waals surface area contributed by atoms with Gasteiger partial charge in [0.1, 0.15) is 15.8 Å². The molecule has 1 aliphatic heterocycles. The van der Waals surface area contributed by atoms with Crippen LogP contribution in [0.5, 0.6) is 0 Å². The van der Waals surface area contributed by atoms with Gasteiger partial charge in [0, 0.05) is 25.7 Å². The van der Waals surface area contributed by atoms with Crippen molar-refractivity contribution in [3.63, 3.8) is 0 Å². The smallest absolute Gasteiger partial charge is 0.303 e. The predicted octanol–water partition coefficient (Wildman–Crippen LogP) is 2.91. The number of hydrogen-bond donors (Lipinski definition) is 3. The fourth-order valence-electron chi connectivity index (χ4n) is 3.57. The standard InChI is InChI=1S/C24H22N4O5S2/c29-17(15-7-2-1-3-8-15)14-25-21-16(22(32)27-11-5-4-9-19(27)26-21)13-18-23(33)28(24(34)35-18)12-6-10-20(30)31/h1-5,7-9,11,13,17,25,29H,6,10,12,14H2,(H,30,31)/b18-13-/t17-/m1/s1. The first-order valence-corrected chi connectivity index (χ1v) is 12.0. The SMILES string of the molecule is O=C(O)CCCN1C(=O)/C(=C/c2c(NC[C@@H](O)c3ccccc3)nc3ccccn3c2=O)SC1=S. The summed E-state index contributed by atoms with van der Waals surface area (Å²) < 4.78 is 1.67. The highest BCUT2D eigenvalue weighted by molar-refractivity contribution is 8.26. The van der Waals surface area contributed by atoms with Crippen LogP contribution in [-0.4, -0.2) is 53.8 Å². The number of carbonyl (C=O) groups is 2. The van der Waals surface area contributed by atoms with Crippen molar-refractivity contribution >= 4 is 57.7 Å². The minimum atomic E-state index is -0.949. The van der Waals surface area contributed by atoms with E-state index < -0.39 is 18.0 Å². The van der Waals surface area contributed by atoms with Crippen molar-refractivity contribution in [3.05, 3.63) is 81.1 Å². The molecule has 0 saturated carbocycles. The van der Waals surface area contributed by atoms with Crippen LogP contribution in [0.2, 0.25) is 0 Å². The van der Waals surface area contributed by atoms with E-state index in [1.54, 1.807) is 36.5 Å². The summed E-state index contributed by atoms with van der Waals surface area (Å²) >= 11 is 6.35. The summed E-state index contributed by atoms with van der Waals surface area (Å²) in [5, 5.41) is 22.5. The van der Waals surface area contributed by atoms with E-state index in [4.69, 9.17) is 17.3 Å². The molecule has 3 heterocycles. The lowest BCUT2D eigenvalue weighted by Gasteiger charge is -2.15. The molecule has 3 aromatic rings. The summed E-state index contributed by atoms with van der Waals surface area (Å²) in [7, 11) is 0. The molecular formula is C24H22N4O5S2. The third kappa shape index (κ3) is 5.59. The molecule has 0 unspecified atom stereocenters. The monoisotopic (exact) mass is 510 g/mol. The Balaban J connectivity index is 1.65. The molecule has 1 aromatic carbocycles. The van der Waals surface area contributed by atoms with E-state index in [1.165, 1.54) is 15.4 Å². The summed E-state index contributed by atoms with van der Waals surface area (Å²) in [6.07, 6.45) is 2.38. The van der Waals surface area contributed by atoms with Crippen molar-refractivity contribution in [2.75, 3.05) is 18.4 Å². The fraction of sp³-hybridized carbons (Fsp3) is 0.208. The van der Waals surface area contributed by atoms with Crippen LogP contribution in [0.25, 0.3) is 11.7 Å².